The number of likely N-dealkylation sites (tertiary alicyclic amines) is 1. The van der Waals surface area contributed by atoms with Crippen LogP contribution in [0.1, 0.15) is 29.8 Å². The van der Waals surface area contributed by atoms with E-state index in [-0.39, 0.29) is 12.0 Å². The summed E-state index contributed by atoms with van der Waals surface area (Å²) in [6.07, 6.45) is 1.38. The van der Waals surface area contributed by atoms with E-state index in [1.54, 1.807) is 0 Å². The van der Waals surface area contributed by atoms with E-state index in [9.17, 15) is 5.11 Å². The van der Waals surface area contributed by atoms with Gasteiger partial charge in [0.25, 0.3) is 0 Å². The Hall–Kier alpha value is -1.66. The lowest BCUT2D eigenvalue weighted by Crippen LogP contribution is -2.21. The van der Waals surface area contributed by atoms with Crippen molar-refractivity contribution in [2.24, 2.45) is 5.92 Å². The third-order valence-corrected chi connectivity index (χ3v) is 4.06. The van der Waals surface area contributed by atoms with Crippen LogP contribution in [0.5, 0.6) is 0 Å². The number of aliphatic hydroxyl groups is 1. The van der Waals surface area contributed by atoms with Crippen molar-refractivity contribution in [3.05, 3.63) is 35.0 Å². The first-order valence-corrected chi connectivity index (χ1v) is 7.49. The molecule has 21 heavy (non-hydrogen) atoms. The number of hydrogen-bond acceptors (Lipinski definition) is 5. The van der Waals surface area contributed by atoms with Gasteiger partial charge in [-0.15, -0.1) is 0 Å². The summed E-state index contributed by atoms with van der Waals surface area (Å²) in [6, 6.07) is 4.04. The van der Waals surface area contributed by atoms with Crippen LogP contribution < -0.4 is 0 Å². The zero-order chi connectivity index (χ0) is 14.8. The summed E-state index contributed by atoms with van der Waals surface area (Å²) >= 11 is 0. The highest BCUT2D eigenvalue weighted by molar-refractivity contribution is 5.09. The minimum Gasteiger partial charge on any atom is -0.391 e. The first-order chi connectivity index (χ1) is 10.1. The fraction of sp³-hybridized carbons (Fsp3) is 0.600. The molecule has 1 aliphatic heterocycles. The predicted octanol–water partition coefficient (Wildman–Crippen LogP) is 1.30. The molecule has 114 valence electrons. The lowest BCUT2D eigenvalue weighted by atomic mass is 10.0. The van der Waals surface area contributed by atoms with Crippen molar-refractivity contribution < 1.29 is 9.63 Å². The zero-order valence-electron chi connectivity index (χ0n) is 12.5. The number of aromatic amines is 1. The molecule has 0 saturated carbocycles. The molecule has 3 heterocycles. The van der Waals surface area contributed by atoms with E-state index in [1.807, 2.05) is 19.1 Å². The van der Waals surface area contributed by atoms with E-state index in [0.29, 0.717) is 13.1 Å². The van der Waals surface area contributed by atoms with Crippen molar-refractivity contribution >= 4 is 0 Å². The number of aryl methyl sites for hydroxylation is 2. The Labute approximate surface area is 124 Å². The number of nitrogens with one attached hydrogen (secondary N) is 1. The van der Waals surface area contributed by atoms with E-state index in [1.165, 1.54) is 0 Å². The maximum Gasteiger partial charge on any atom is 0.150 e. The monoisotopic (exact) mass is 290 g/mol. The van der Waals surface area contributed by atoms with E-state index in [2.05, 4.69) is 27.2 Å². The van der Waals surface area contributed by atoms with Crippen molar-refractivity contribution in [3.63, 3.8) is 0 Å². The molecule has 0 unspecified atom stereocenters. The van der Waals surface area contributed by atoms with Gasteiger partial charge in [0.05, 0.1) is 24.0 Å². The van der Waals surface area contributed by atoms with Crippen molar-refractivity contribution in [2.75, 3.05) is 13.1 Å². The molecule has 0 amide bonds. The summed E-state index contributed by atoms with van der Waals surface area (Å²) in [5.41, 5.74) is 3.06. The van der Waals surface area contributed by atoms with Crippen LogP contribution in [0.3, 0.4) is 0 Å². The van der Waals surface area contributed by atoms with Crippen LogP contribution in [-0.4, -0.2) is 44.6 Å². The van der Waals surface area contributed by atoms with E-state index < -0.39 is 0 Å². The first kappa shape index (κ1) is 14.3. The summed E-state index contributed by atoms with van der Waals surface area (Å²) in [4.78, 5) is 2.22. The normalized spacial score (nSPS) is 23.0. The highest BCUT2D eigenvalue weighted by Crippen LogP contribution is 2.23. The molecule has 1 fully saturated rings. The molecule has 2 aromatic heterocycles. The van der Waals surface area contributed by atoms with Gasteiger partial charge in [0.2, 0.25) is 0 Å². The van der Waals surface area contributed by atoms with Gasteiger partial charge >= 0.3 is 0 Å². The SMILES string of the molecule is CCc1cc(CN2C[C@@H](Cc3cc(C)[nH]n3)[C@@H](O)C2)on1. The first-order valence-electron chi connectivity index (χ1n) is 7.49. The molecule has 0 aliphatic carbocycles. The second-order valence-corrected chi connectivity index (χ2v) is 5.91. The fourth-order valence-corrected chi connectivity index (χ4v) is 2.94. The number of H-pyrrole nitrogens is 1. The van der Waals surface area contributed by atoms with Crippen LogP contribution >= 0.6 is 0 Å². The van der Waals surface area contributed by atoms with Crippen molar-refractivity contribution in [1.82, 2.24) is 20.3 Å². The van der Waals surface area contributed by atoms with Crippen LogP contribution in [0.15, 0.2) is 16.7 Å². The molecule has 0 radical (unpaired) electrons. The lowest BCUT2D eigenvalue weighted by Gasteiger charge is -2.12. The minimum absolute atomic E-state index is 0.223. The summed E-state index contributed by atoms with van der Waals surface area (Å²) in [7, 11) is 0. The maximum absolute atomic E-state index is 10.2. The Kier molecular flexibility index (Phi) is 4.07. The van der Waals surface area contributed by atoms with Crippen molar-refractivity contribution in [2.45, 2.75) is 39.3 Å². The average molecular weight is 290 g/mol. The zero-order valence-corrected chi connectivity index (χ0v) is 12.5. The van der Waals surface area contributed by atoms with Gasteiger partial charge in [-0.3, -0.25) is 10.00 Å². The Morgan fingerprint density at radius 1 is 1.38 bits per heavy atom. The third-order valence-electron chi connectivity index (χ3n) is 4.06. The smallest absolute Gasteiger partial charge is 0.150 e. The second-order valence-electron chi connectivity index (χ2n) is 5.91. The standard InChI is InChI=1S/C15H22N4O2/c1-3-12-6-14(21-18-12)8-19-7-11(15(20)9-19)5-13-4-10(2)16-17-13/h4,6,11,15,20H,3,5,7-9H2,1-2H3,(H,16,17)/t11-,15+/m1/s1. The predicted molar refractivity (Wildman–Crippen MR) is 77.7 cm³/mol. The van der Waals surface area contributed by atoms with Gasteiger partial charge < -0.3 is 9.63 Å². The van der Waals surface area contributed by atoms with Crippen molar-refractivity contribution in [1.29, 1.82) is 0 Å². The Morgan fingerprint density at radius 3 is 2.90 bits per heavy atom. The molecular weight excluding hydrogens is 268 g/mol. The third kappa shape index (κ3) is 3.33. The maximum atomic E-state index is 10.2. The Balaban J connectivity index is 1.57. The molecule has 0 aromatic carbocycles. The molecule has 2 aromatic rings. The van der Waals surface area contributed by atoms with Gasteiger partial charge in [0.1, 0.15) is 0 Å². The van der Waals surface area contributed by atoms with Crippen LogP contribution in [0.25, 0.3) is 0 Å². The van der Waals surface area contributed by atoms with Gasteiger partial charge in [-0.25, -0.2) is 0 Å². The van der Waals surface area contributed by atoms with Crippen LogP contribution in [0.2, 0.25) is 0 Å². The minimum atomic E-state index is -0.310. The summed E-state index contributed by atoms with van der Waals surface area (Å²) in [5, 5.41) is 21.4. The molecule has 0 bridgehead atoms. The quantitative estimate of drug-likeness (QED) is 0.868. The summed E-state index contributed by atoms with van der Waals surface area (Å²) < 4.78 is 5.32. The van der Waals surface area contributed by atoms with Crippen LogP contribution in [0.4, 0.5) is 0 Å². The Bertz CT molecular complexity index is 592. The van der Waals surface area contributed by atoms with Gasteiger partial charge in [-0.05, 0) is 25.8 Å². The lowest BCUT2D eigenvalue weighted by molar-refractivity contribution is 0.139. The number of aliphatic hydroxyl groups excluding tert-OH is 1. The molecule has 1 aliphatic rings. The topological polar surface area (TPSA) is 78.2 Å². The molecule has 2 atom stereocenters. The van der Waals surface area contributed by atoms with E-state index in [0.717, 1.165) is 42.2 Å². The van der Waals surface area contributed by atoms with E-state index >= 15 is 0 Å². The van der Waals surface area contributed by atoms with Gasteiger partial charge in [0, 0.05) is 30.8 Å². The largest absolute Gasteiger partial charge is 0.391 e. The molecule has 6 nitrogen and oxygen atoms in total. The number of rotatable bonds is 5. The number of β-amino-alcohol motifs (C(OH)–C–C–N with tert-alkyl or cyclic N) is 1. The molecule has 2 N–H and O–H groups in total. The van der Waals surface area contributed by atoms with Gasteiger partial charge in [-0.1, -0.05) is 12.1 Å². The molecule has 1 saturated heterocycles. The van der Waals surface area contributed by atoms with E-state index in [4.69, 9.17) is 4.52 Å². The van der Waals surface area contributed by atoms with Gasteiger partial charge in [-0.2, -0.15) is 5.10 Å². The van der Waals surface area contributed by atoms with Crippen molar-refractivity contribution in [3.8, 4) is 0 Å². The van der Waals surface area contributed by atoms with Crippen LogP contribution in [0, 0.1) is 12.8 Å². The highest BCUT2D eigenvalue weighted by Gasteiger charge is 2.32. The summed E-state index contributed by atoms with van der Waals surface area (Å²) in [5.74, 6) is 1.09. The van der Waals surface area contributed by atoms with Gasteiger partial charge in [0.15, 0.2) is 5.76 Å². The summed E-state index contributed by atoms with van der Waals surface area (Å²) in [6.45, 7) is 6.29. The Morgan fingerprint density at radius 2 is 2.24 bits per heavy atom. The molecule has 0 spiro atoms. The number of aromatic nitrogens is 3. The number of nitrogens with zero attached hydrogens (tertiary/aromatic N) is 3. The fourth-order valence-electron chi connectivity index (χ4n) is 2.94. The van der Waals surface area contributed by atoms with Crippen LogP contribution in [-0.2, 0) is 19.4 Å². The molecular formula is C15H22N4O2. The number of hydrogen-bond donors (Lipinski definition) is 2. The molecule has 6 heteroatoms. The average Bonchev–Trinajstić information content (AvgIpc) is 3.14. The second kappa shape index (κ2) is 5.99. The highest BCUT2D eigenvalue weighted by atomic mass is 16.5. The molecule has 3 rings (SSSR count).